The zero-order valence-corrected chi connectivity index (χ0v) is 13.8. The smallest absolute Gasteiger partial charge is 0.321 e. The molecule has 3 rings (SSSR count). The fraction of sp³-hybridized carbons (Fsp3) is 0.125. The lowest BCUT2D eigenvalue weighted by Gasteiger charge is -2.08. The van der Waals surface area contributed by atoms with Gasteiger partial charge in [-0.1, -0.05) is 47.6 Å². The molecule has 0 unspecified atom stereocenters. The molecule has 0 aliphatic carbocycles. The van der Waals surface area contributed by atoms with Crippen LogP contribution >= 0.6 is 23.4 Å². The van der Waals surface area contributed by atoms with Crippen molar-refractivity contribution in [2.24, 2.45) is 0 Å². The van der Waals surface area contributed by atoms with Crippen molar-refractivity contribution in [1.82, 2.24) is 9.55 Å². The van der Waals surface area contributed by atoms with E-state index >= 15 is 0 Å². The SMILES string of the molecule is O=C(CSc1nc2ccccc2n1C(F)F)Nc1ccccc1Cl. The standard InChI is InChI=1S/C16H12ClF2N3OS/c17-10-5-1-2-6-11(10)20-14(23)9-24-16-21-12-7-3-4-8-13(12)22(16)15(18)19/h1-8,15H,9H2,(H,20,23). The van der Waals surface area contributed by atoms with Crippen LogP contribution in [0.25, 0.3) is 11.0 Å². The van der Waals surface area contributed by atoms with E-state index < -0.39 is 6.55 Å². The van der Waals surface area contributed by atoms with Crippen molar-refractivity contribution in [1.29, 1.82) is 0 Å². The zero-order valence-electron chi connectivity index (χ0n) is 12.2. The van der Waals surface area contributed by atoms with Crippen LogP contribution in [0.4, 0.5) is 14.5 Å². The molecule has 0 saturated carbocycles. The van der Waals surface area contributed by atoms with Crippen LogP contribution < -0.4 is 5.32 Å². The molecule has 124 valence electrons. The lowest BCUT2D eigenvalue weighted by molar-refractivity contribution is -0.113. The van der Waals surface area contributed by atoms with Crippen molar-refractivity contribution in [2.75, 3.05) is 11.1 Å². The zero-order chi connectivity index (χ0) is 17.1. The first-order valence-corrected chi connectivity index (χ1v) is 8.35. The molecule has 3 aromatic rings. The van der Waals surface area contributed by atoms with E-state index in [1.807, 2.05) is 0 Å². The van der Waals surface area contributed by atoms with Crippen molar-refractivity contribution in [3.8, 4) is 0 Å². The highest BCUT2D eigenvalue weighted by atomic mass is 35.5. The van der Waals surface area contributed by atoms with Crippen LogP contribution in [0.2, 0.25) is 5.02 Å². The molecule has 0 bridgehead atoms. The van der Waals surface area contributed by atoms with Crippen LogP contribution in [0, 0.1) is 0 Å². The Kier molecular flexibility index (Phi) is 5.01. The quantitative estimate of drug-likeness (QED) is 0.658. The van der Waals surface area contributed by atoms with Crippen LogP contribution in [0.5, 0.6) is 0 Å². The second-order valence-corrected chi connectivity index (χ2v) is 6.20. The van der Waals surface area contributed by atoms with Crippen molar-refractivity contribution in [3.05, 3.63) is 53.6 Å². The number of carbonyl (C=O) groups is 1. The molecule has 2 aromatic carbocycles. The average molecular weight is 368 g/mol. The van der Waals surface area contributed by atoms with Gasteiger partial charge in [-0.3, -0.25) is 9.36 Å². The molecule has 0 radical (unpaired) electrons. The molecule has 1 aromatic heterocycles. The number of para-hydroxylation sites is 3. The highest BCUT2D eigenvalue weighted by Gasteiger charge is 2.18. The molecule has 0 aliphatic rings. The summed E-state index contributed by atoms with van der Waals surface area (Å²) >= 11 is 6.92. The number of fused-ring (bicyclic) bond motifs is 1. The average Bonchev–Trinajstić information content (AvgIpc) is 2.93. The first-order valence-electron chi connectivity index (χ1n) is 6.98. The molecule has 24 heavy (non-hydrogen) atoms. The topological polar surface area (TPSA) is 46.9 Å². The third-order valence-corrected chi connectivity index (χ3v) is 4.52. The molecular weight excluding hydrogens is 356 g/mol. The van der Waals surface area contributed by atoms with Gasteiger partial charge in [0.1, 0.15) is 0 Å². The van der Waals surface area contributed by atoms with Crippen LogP contribution in [-0.4, -0.2) is 21.2 Å². The number of nitrogens with one attached hydrogen (secondary N) is 1. The maximum absolute atomic E-state index is 13.3. The molecule has 1 heterocycles. The summed E-state index contributed by atoms with van der Waals surface area (Å²) in [5.41, 5.74) is 1.28. The van der Waals surface area contributed by atoms with Gasteiger partial charge in [-0.15, -0.1) is 0 Å². The van der Waals surface area contributed by atoms with Crippen LogP contribution in [0.3, 0.4) is 0 Å². The fourth-order valence-electron chi connectivity index (χ4n) is 2.19. The Morgan fingerprint density at radius 3 is 2.67 bits per heavy atom. The Labute approximate surface area is 145 Å². The molecule has 1 N–H and O–H groups in total. The number of amides is 1. The highest BCUT2D eigenvalue weighted by Crippen LogP contribution is 2.29. The minimum absolute atomic E-state index is 0.0543. The maximum atomic E-state index is 13.3. The highest BCUT2D eigenvalue weighted by molar-refractivity contribution is 7.99. The number of nitrogens with zero attached hydrogens (tertiary/aromatic N) is 2. The van der Waals surface area contributed by atoms with Crippen molar-refractivity contribution >= 4 is 46.0 Å². The lowest BCUT2D eigenvalue weighted by Crippen LogP contribution is -2.15. The predicted molar refractivity (Wildman–Crippen MR) is 91.8 cm³/mol. The van der Waals surface area contributed by atoms with Crippen LogP contribution in [-0.2, 0) is 4.79 Å². The summed E-state index contributed by atoms with van der Waals surface area (Å²) in [6.07, 6.45) is 0. The Morgan fingerprint density at radius 1 is 1.21 bits per heavy atom. The molecule has 0 aliphatic heterocycles. The predicted octanol–water partition coefficient (Wildman–Crippen LogP) is 4.82. The second-order valence-electron chi connectivity index (χ2n) is 4.85. The number of rotatable bonds is 5. The number of thioether (sulfide) groups is 1. The van der Waals surface area contributed by atoms with Crippen LogP contribution in [0.15, 0.2) is 53.7 Å². The lowest BCUT2D eigenvalue weighted by atomic mass is 10.3. The van der Waals surface area contributed by atoms with E-state index in [9.17, 15) is 13.6 Å². The third kappa shape index (κ3) is 3.52. The Bertz CT molecular complexity index is 885. The number of alkyl halides is 2. The second kappa shape index (κ2) is 7.19. The summed E-state index contributed by atoms with van der Waals surface area (Å²) in [7, 11) is 0. The molecule has 0 atom stereocenters. The minimum Gasteiger partial charge on any atom is -0.324 e. The number of anilines is 1. The number of carbonyl (C=O) groups excluding carboxylic acids is 1. The number of hydrogen-bond donors (Lipinski definition) is 1. The van der Waals surface area contributed by atoms with Gasteiger partial charge in [0.2, 0.25) is 5.91 Å². The minimum atomic E-state index is -2.73. The molecule has 0 fully saturated rings. The number of benzene rings is 2. The van der Waals surface area contributed by atoms with E-state index in [4.69, 9.17) is 11.6 Å². The third-order valence-electron chi connectivity index (χ3n) is 3.24. The van der Waals surface area contributed by atoms with Crippen LogP contribution in [0.1, 0.15) is 6.55 Å². The molecule has 8 heteroatoms. The monoisotopic (exact) mass is 367 g/mol. The first-order chi connectivity index (χ1) is 11.6. The van der Waals surface area contributed by atoms with E-state index in [1.165, 1.54) is 0 Å². The van der Waals surface area contributed by atoms with E-state index in [-0.39, 0.29) is 16.8 Å². The van der Waals surface area contributed by atoms with Gasteiger partial charge in [-0.05, 0) is 24.3 Å². The number of halogens is 3. The van der Waals surface area contributed by atoms with Gasteiger partial charge >= 0.3 is 6.55 Å². The molecular formula is C16H12ClF2N3OS. The molecule has 0 spiro atoms. The van der Waals surface area contributed by atoms with E-state index in [0.29, 0.717) is 21.7 Å². The summed E-state index contributed by atoms with van der Waals surface area (Å²) < 4.78 is 27.4. The van der Waals surface area contributed by atoms with Crippen molar-refractivity contribution in [3.63, 3.8) is 0 Å². The summed E-state index contributed by atoms with van der Waals surface area (Å²) in [6, 6.07) is 13.4. The first kappa shape index (κ1) is 16.7. The molecule has 4 nitrogen and oxygen atoms in total. The van der Waals surface area contributed by atoms with Gasteiger partial charge in [-0.25, -0.2) is 4.98 Å². The Balaban J connectivity index is 1.75. The van der Waals surface area contributed by atoms with Crippen molar-refractivity contribution in [2.45, 2.75) is 11.7 Å². The Morgan fingerprint density at radius 2 is 1.92 bits per heavy atom. The van der Waals surface area contributed by atoms with E-state index in [2.05, 4.69) is 10.3 Å². The Hall–Kier alpha value is -2.12. The van der Waals surface area contributed by atoms with Gasteiger partial charge in [0.25, 0.3) is 0 Å². The largest absolute Gasteiger partial charge is 0.324 e. The normalized spacial score (nSPS) is 11.2. The summed E-state index contributed by atoms with van der Waals surface area (Å²) in [5.74, 6) is -0.401. The summed E-state index contributed by atoms with van der Waals surface area (Å²) in [4.78, 5) is 16.2. The molecule has 0 saturated heterocycles. The van der Waals surface area contributed by atoms with E-state index in [0.717, 1.165) is 16.3 Å². The number of aromatic nitrogens is 2. The van der Waals surface area contributed by atoms with Gasteiger partial charge < -0.3 is 5.32 Å². The van der Waals surface area contributed by atoms with Gasteiger partial charge in [-0.2, -0.15) is 8.78 Å². The van der Waals surface area contributed by atoms with E-state index in [1.54, 1.807) is 48.5 Å². The van der Waals surface area contributed by atoms with Gasteiger partial charge in [0.15, 0.2) is 5.16 Å². The summed E-state index contributed by atoms with van der Waals surface area (Å²) in [5, 5.41) is 3.16. The fourth-order valence-corrected chi connectivity index (χ4v) is 3.19. The number of hydrogen-bond acceptors (Lipinski definition) is 3. The van der Waals surface area contributed by atoms with Gasteiger partial charge in [0.05, 0.1) is 27.5 Å². The summed E-state index contributed by atoms with van der Waals surface area (Å²) in [6.45, 7) is -2.73. The maximum Gasteiger partial charge on any atom is 0.321 e. The van der Waals surface area contributed by atoms with Crippen molar-refractivity contribution < 1.29 is 13.6 Å². The van der Waals surface area contributed by atoms with Gasteiger partial charge in [0, 0.05) is 0 Å². The molecule has 1 amide bonds. The number of imidazole rings is 1.